The minimum Gasteiger partial charge on any atom is -0.480 e. The van der Waals surface area contributed by atoms with Gasteiger partial charge in [-0.15, -0.1) is 0 Å². The smallest absolute Gasteiger partial charge is 0.407 e. The van der Waals surface area contributed by atoms with Gasteiger partial charge in [-0.05, 0) is 46.0 Å². The lowest BCUT2D eigenvalue weighted by Gasteiger charge is -2.17. The predicted octanol–water partition coefficient (Wildman–Crippen LogP) is 4.84. The number of carbonyl (C=O) groups excluding carboxylic acids is 1. The standard InChI is InChI=1S/C26H21FN2O4/c27-16-9-10-17-15(13-28-23(17)12-16)11-24(25(30)31)29-26(32)33-14-22-20-7-3-1-5-18(20)19-6-2-4-8-21(19)22/h1-10,12-13,22,24,28H,11,14H2,(H,29,32)(H,30,31). The van der Waals surface area contributed by atoms with Crippen molar-refractivity contribution in [1.82, 2.24) is 10.3 Å². The number of H-pyrrole nitrogens is 1. The normalized spacial score (nSPS) is 13.4. The van der Waals surface area contributed by atoms with Crippen molar-refractivity contribution in [1.29, 1.82) is 0 Å². The van der Waals surface area contributed by atoms with Crippen LogP contribution in [0.5, 0.6) is 0 Å². The molecule has 33 heavy (non-hydrogen) atoms. The molecular weight excluding hydrogens is 423 g/mol. The van der Waals surface area contributed by atoms with Crippen molar-refractivity contribution < 1.29 is 23.8 Å². The number of amides is 1. The zero-order valence-corrected chi connectivity index (χ0v) is 17.5. The Kier molecular flexibility index (Phi) is 5.30. The number of aromatic amines is 1. The van der Waals surface area contributed by atoms with Gasteiger partial charge < -0.3 is 20.1 Å². The second-order valence-electron chi connectivity index (χ2n) is 8.07. The fourth-order valence-corrected chi connectivity index (χ4v) is 4.53. The lowest BCUT2D eigenvalue weighted by Crippen LogP contribution is -2.42. The molecule has 4 aromatic rings. The molecule has 166 valence electrons. The SMILES string of the molecule is O=C(NC(Cc1c[nH]c2cc(F)ccc12)C(=O)O)OCC1c2ccccc2-c2ccccc21. The fraction of sp³-hybridized carbons (Fsp3) is 0.154. The van der Waals surface area contributed by atoms with E-state index in [9.17, 15) is 19.1 Å². The van der Waals surface area contributed by atoms with Crippen LogP contribution in [0.1, 0.15) is 22.6 Å². The molecule has 1 atom stereocenters. The molecule has 0 saturated carbocycles. The van der Waals surface area contributed by atoms with E-state index in [4.69, 9.17) is 4.74 Å². The third-order valence-electron chi connectivity index (χ3n) is 6.09. The maximum absolute atomic E-state index is 13.4. The Morgan fingerprint density at radius 3 is 2.36 bits per heavy atom. The Bertz CT molecular complexity index is 1320. The summed E-state index contributed by atoms with van der Waals surface area (Å²) in [5.74, 6) is -1.68. The van der Waals surface area contributed by atoms with E-state index in [0.717, 1.165) is 22.3 Å². The summed E-state index contributed by atoms with van der Waals surface area (Å²) in [5, 5.41) is 12.8. The first kappa shape index (κ1) is 20.8. The van der Waals surface area contributed by atoms with Gasteiger partial charge in [-0.25, -0.2) is 14.0 Å². The van der Waals surface area contributed by atoms with Gasteiger partial charge >= 0.3 is 12.1 Å². The molecule has 1 amide bonds. The number of aliphatic carboxylic acids is 1. The highest BCUT2D eigenvalue weighted by atomic mass is 19.1. The van der Waals surface area contributed by atoms with E-state index in [0.29, 0.717) is 16.5 Å². The number of aromatic nitrogens is 1. The number of carboxylic acids is 1. The Hall–Kier alpha value is -4.13. The van der Waals surface area contributed by atoms with Gasteiger partial charge in [-0.3, -0.25) is 0 Å². The highest BCUT2D eigenvalue weighted by Gasteiger charge is 2.30. The Balaban J connectivity index is 1.28. The molecule has 7 heteroatoms. The summed E-state index contributed by atoms with van der Waals surface area (Å²) < 4.78 is 18.9. The van der Waals surface area contributed by atoms with Crippen molar-refractivity contribution in [3.8, 4) is 11.1 Å². The van der Waals surface area contributed by atoms with Gasteiger partial charge in [-0.2, -0.15) is 0 Å². The Morgan fingerprint density at radius 2 is 1.70 bits per heavy atom. The molecule has 0 radical (unpaired) electrons. The van der Waals surface area contributed by atoms with Gasteiger partial charge in [0.15, 0.2) is 0 Å². The first-order valence-electron chi connectivity index (χ1n) is 10.6. The minimum absolute atomic E-state index is 0.0329. The van der Waals surface area contributed by atoms with Crippen LogP contribution in [0.15, 0.2) is 72.9 Å². The first-order valence-corrected chi connectivity index (χ1v) is 10.6. The van der Waals surface area contributed by atoms with Crippen molar-refractivity contribution >= 4 is 23.0 Å². The number of alkyl carbamates (subject to hydrolysis) is 1. The summed E-state index contributed by atoms with van der Waals surface area (Å²) in [6, 6.07) is 19.0. The zero-order chi connectivity index (χ0) is 22.9. The van der Waals surface area contributed by atoms with E-state index >= 15 is 0 Å². The third kappa shape index (κ3) is 3.93. The van der Waals surface area contributed by atoms with Gasteiger partial charge in [-0.1, -0.05) is 48.5 Å². The molecule has 0 aliphatic heterocycles. The van der Waals surface area contributed by atoms with Crippen molar-refractivity contribution in [3.05, 3.63) is 95.4 Å². The molecule has 6 nitrogen and oxygen atoms in total. The number of carboxylic acid groups (broad SMARTS) is 1. The van der Waals surface area contributed by atoms with Crippen molar-refractivity contribution in [2.24, 2.45) is 0 Å². The van der Waals surface area contributed by atoms with Gasteiger partial charge in [0.2, 0.25) is 0 Å². The summed E-state index contributed by atoms with van der Waals surface area (Å²) in [7, 11) is 0. The molecule has 1 aliphatic carbocycles. The molecule has 1 unspecified atom stereocenters. The lowest BCUT2D eigenvalue weighted by molar-refractivity contribution is -0.139. The largest absolute Gasteiger partial charge is 0.480 e. The number of hydrogen-bond donors (Lipinski definition) is 3. The molecule has 1 heterocycles. The number of fused-ring (bicyclic) bond motifs is 4. The number of benzene rings is 3. The van der Waals surface area contributed by atoms with E-state index in [1.54, 1.807) is 12.3 Å². The van der Waals surface area contributed by atoms with E-state index in [2.05, 4.69) is 10.3 Å². The quantitative estimate of drug-likeness (QED) is 0.397. The van der Waals surface area contributed by atoms with Crippen LogP contribution in [0.25, 0.3) is 22.0 Å². The number of hydrogen-bond acceptors (Lipinski definition) is 3. The van der Waals surface area contributed by atoms with E-state index in [1.165, 1.54) is 12.1 Å². The van der Waals surface area contributed by atoms with Crippen molar-refractivity contribution in [3.63, 3.8) is 0 Å². The van der Waals surface area contributed by atoms with E-state index < -0.39 is 18.1 Å². The molecule has 0 bridgehead atoms. The van der Waals surface area contributed by atoms with E-state index in [1.807, 2.05) is 48.5 Å². The monoisotopic (exact) mass is 444 g/mol. The predicted molar refractivity (Wildman–Crippen MR) is 122 cm³/mol. The van der Waals surface area contributed by atoms with Crippen molar-refractivity contribution in [2.75, 3.05) is 6.61 Å². The molecular formula is C26H21FN2O4. The lowest BCUT2D eigenvalue weighted by atomic mass is 9.98. The average molecular weight is 444 g/mol. The summed E-state index contributed by atoms with van der Waals surface area (Å²) >= 11 is 0. The van der Waals surface area contributed by atoms with Crippen LogP contribution in [0, 0.1) is 5.82 Å². The van der Waals surface area contributed by atoms with Gasteiger partial charge in [0, 0.05) is 29.4 Å². The van der Waals surface area contributed by atoms with Crippen LogP contribution in [0.4, 0.5) is 9.18 Å². The highest BCUT2D eigenvalue weighted by Crippen LogP contribution is 2.44. The van der Waals surface area contributed by atoms with Crippen LogP contribution in [0.2, 0.25) is 0 Å². The van der Waals surface area contributed by atoms with Crippen LogP contribution >= 0.6 is 0 Å². The Labute approximate surface area is 189 Å². The van der Waals surface area contributed by atoms with Crippen LogP contribution < -0.4 is 5.32 Å². The fourth-order valence-electron chi connectivity index (χ4n) is 4.53. The molecule has 1 aliphatic rings. The minimum atomic E-state index is -1.19. The maximum atomic E-state index is 13.4. The molecule has 3 aromatic carbocycles. The number of halogens is 1. The summed E-state index contributed by atoms with van der Waals surface area (Å²) in [6.45, 7) is 0.0958. The maximum Gasteiger partial charge on any atom is 0.407 e. The number of rotatable bonds is 6. The number of carbonyl (C=O) groups is 2. The first-order chi connectivity index (χ1) is 16.0. The van der Waals surface area contributed by atoms with Crippen LogP contribution in [-0.2, 0) is 16.0 Å². The topological polar surface area (TPSA) is 91.4 Å². The molecule has 3 N–H and O–H groups in total. The zero-order valence-electron chi connectivity index (χ0n) is 17.5. The van der Waals surface area contributed by atoms with Crippen LogP contribution in [0.3, 0.4) is 0 Å². The summed E-state index contributed by atoms with van der Waals surface area (Å²) in [5.41, 5.74) is 5.61. The second kappa shape index (κ2) is 8.43. The average Bonchev–Trinajstić information content (AvgIpc) is 3.35. The third-order valence-corrected chi connectivity index (χ3v) is 6.09. The number of ether oxygens (including phenoxy) is 1. The van der Waals surface area contributed by atoms with Gasteiger partial charge in [0.25, 0.3) is 0 Å². The van der Waals surface area contributed by atoms with Crippen molar-refractivity contribution in [2.45, 2.75) is 18.4 Å². The van der Waals surface area contributed by atoms with Gasteiger partial charge in [0.1, 0.15) is 18.5 Å². The number of nitrogens with one attached hydrogen (secondary N) is 2. The summed E-state index contributed by atoms with van der Waals surface area (Å²) in [4.78, 5) is 27.3. The van der Waals surface area contributed by atoms with Gasteiger partial charge in [0.05, 0.1) is 0 Å². The van der Waals surface area contributed by atoms with Crippen LogP contribution in [-0.4, -0.2) is 34.8 Å². The Morgan fingerprint density at radius 1 is 1.03 bits per heavy atom. The molecule has 0 spiro atoms. The highest BCUT2D eigenvalue weighted by molar-refractivity contribution is 5.86. The molecule has 0 saturated heterocycles. The summed E-state index contributed by atoms with van der Waals surface area (Å²) in [6.07, 6.45) is 0.861. The molecule has 5 rings (SSSR count). The molecule has 0 fully saturated rings. The molecule has 1 aromatic heterocycles. The van der Waals surface area contributed by atoms with E-state index in [-0.39, 0.29) is 24.8 Å². The second-order valence-corrected chi connectivity index (χ2v) is 8.07.